The Balaban J connectivity index is 1.75. The van der Waals surface area contributed by atoms with Crippen LogP contribution in [0.1, 0.15) is 16.7 Å². The largest absolute Gasteiger partial charge is 0.497 e. The molecule has 3 aromatic rings. The highest BCUT2D eigenvalue weighted by Gasteiger charge is 2.33. The number of alkyl halides is 3. The fourth-order valence-electron chi connectivity index (χ4n) is 2.95. The van der Waals surface area contributed by atoms with Crippen LogP contribution in [0.2, 0.25) is 0 Å². The van der Waals surface area contributed by atoms with Crippen molar-refractivity contribution in [1.82, 2.24) is 0 Å². The average Bonchev–Trinajstić information content (AvgIpc) is 2.66. The zero-order chi connectivity index (χ0) is 18.6. The number of methoxy groups -OCH3 is 1. The molecular weight excluding hydrogens is 337 g/mol. The van der Waals surface area contributed by atoms with Gasteiger partial charge in [-0.1, -0.05) is 54.6 Å². The van der Waals surface area contributed by atoms with E-state index in [0.29, 0.717) is 5.56 Å². The Bertz CT molecular complexity index is 867. The minimum atomic E-state index is -4.36. The van der Waals surface area contributed by atoms with Gasteiger partial charge in [0.1, 0.15) is 5.75 Å². The molecule has 0 aliphatic heterocycles. The van der Waals surface area contributed by atoms with Crippen LogP contribution in [0.3, 0.4) is 0 Å². The van der Waals surface area contributed by atoms with E-state index in [4.69, 9.17) is 4.74 Å². The lowest BCUT2D eigenvalue weighted by Crippen LogP contribution is -2.06. The molecule has 3 rings (SSSR count). The van der Waals surface area contributed by atoms with Crippen LogP contribution >= 0.6 is 0 Å². The fraction of sp³-hybridized carbons (Fsp3) is 0.182. The topological polar surface area (TPSA) is 9.23 Å². The van der Waals surface area contributed by atoms with E-state index in [2.05, 4.69) is 0 Å². The summed E-state index contributed by atoms with van der Waals surface area (Å²) in [6, 6.07) is 20.8. The van der Waals surface area contributed by atoms with Crippen LogP contribution in [0.15, 0.2) is 72.8 Å². The van der Waals surface area contributed by atoms with Gasteiger partial charge in [0.25, 0.3) is 0 Å². The van der Waals surface area contributed by atoms with E-state index in [9.17, 15) is 13.2 Å². The Morgan fingerprint density at radius 3 is 2.15 bits per heavy atom. The zero-order valence-corrected chi connectivity index (χ0v) is 14.4. The van der Waals surface area contributed by atoms with E-state index in [-0.39, 0.29) is 5.56 Å². The molecular formula is C22H19F3O. The Morgan fingerprint density at radius 2 is 1.46 bits per heavy atom. The number of hydrogen-bond donors (Lipinski definition) is 0. The first-order valence-electron chi connectivity index (χ1n) is 8.36. The molecule has 0 aromatic heterocycles. The molecule has 0 fully saturated rings. The molecule has 0 N–H and O–H groups in total. The number of aryl methyl sites for hydroxylation is 2. The lowest BCUT2D eigenvalue weighted by atomic mass is 9.97. The van der Waals surface area contributed by atoms with Crippen LogP contribution in [0, 0.1) is 0 Å². The van der Waals surface area contributed by atoms with E-state index in [1.165, 1.54) is 12.1 Å². The molecule has 0 aliphatic rings. The number of hydrogen-bond acceptors (Lipinski definition) is 1. The SMILES string of the molecule is COc1cccc(CCc2ccc(-c3ccccc3C(F)(F)F)cc2)c1. The molecule has 134 valence electrons. The van der Waals surface area contributed by atoms with Crippen LogP contribution < -0.4 is 4.74 Å². The molecule has 0 saturated heterocycles. The summed E-state index contributed by atoms with van der Waals surface area (Å²) in [7, 11) is 1.64. The monoisotopic (exact) mass is 356 g/mol. The van der Waals surface area contributed by atoms with E-state index in [1.807, 2.05) is 36.4 Å². The minimum absolute atomic E-state index is 0.208. The average molecular weight is 356 g/mol. The molecule has 0 saturated carbocycles. The molecule has 0 amide bonds. The van der Waals surface area contributed by atoms with Crippen LogP contribution in [-0.4, -0.2) is 7.11 Å². The standard InChI is InChI=1S/C22H19F3O/c1-26-19-6-4-5-17(15-19)10-9-16-11-13-18(14-12-16)20-7-2-3-8-21(20)22(23,24)25/h2-8,11-15H,9-10H2,1H3. The second-order valence-corrected chi connectivity index (χ2v) is 6.09. The highest BCUT2D eigenvalue weighted by Crippen LogP contribution is 2.36. The van der Waals surface area contributed by atoms with Gasteiger partial charge in [0.15, 0.2) is 0 Å². The van der Waals surface area contributed by atoms with Crippen molar-refractivity contribution in [3.63, 3.8) is 0 Å². The van der Waals surface area contributed by atoms with Gasteiger partial charge < -0.3 is 4.74 Å². The van der Waals surface area contributed by atoms with Gasteiger partial charge in [0, 0.05) is 0 Å². The third-order valence-electron chi connectivity index (χ3n) is 4.33. The maximum absolute atomic E-state index is 13.2. The smallest absolute Gasteiger partial charge is 0.417 e. The van der Waals surface area contributed by atoms with Crippen LogP contribution in [0.25, 0.3) is 11.1 Å². The zero-order valence-electron chi connectivity index (χ0n) is 14.4. The number of rotatable bonds is 5. The molecule has 0 heterocycles. The van der Waals surface area contributed by atoms with Crippen molar-refractivity contribution in [2.75, 3.05) is 7.11 Å². The first kappa shape index (κ1) is 18.1. The van der Waals surface area contributed by atoms with Gasteiger partial charge in [0.2, 0.25) is 0 Å². The summed E-state index contributed by atoms with van der Waals surface area (Å²) in [4.78, 5) is 0. The van der Waals surface area contributed by atoms with Crippen molar-refractivity contribution in [1.29, 1.82) is 0 Å². The Hall–Kier alpha value is -2.75. The second-order valence-electron chi connectivity index (χ2n) is 6.09. The van der Waals surface area contributed by atoms with E-state index in [1.54, 1.807) is 25.3 Å². The van der Waals surface area contributed by atoms with Crippen LogP contribution in [0.4, 0.5) is 13.2 Å². The van der Waals surface area contributed by atoms with Crippen molar-refractivity contribution in [2.24, 2.45) is 0 Å². The van der Waals surface area contributed by atoms with Crippen LogP contribution in [-0.2, 0) is 19.0 Å². The molecule has 0 aliphatic carbocycles. The van der Waals surface area contributed by atoms with Crippen molar-refractivity contribution in [2.45, 2.75) is 19.0 Å². The summed E-state index contributed by atoms with van der Waals surface area (Å²) in [6.45, 7) is 0. The normalized spacial score (nSPS) is 11.4. The summed E-state index contributed by atoms with van der Waals surface area (Å²) in [5.74, 6) is 0.821. The molecule has 0 unspecified atom stereocenters. The van der Waals surface area contributed by atoms with Gasteiger partial charge in [-0.3, -0.25) is 0 Å². The minimum Gasteiger partial charge on any atom is -0.497 e. The molecule has 26 heavy (non-hydrogen) atoms. The van der Waals surface area contributed by atoms with Crippen molar-refractivity contribution in [3.05, 3.63) is 89.5 Å². The predicted octanol–water partition coefficient (Wildman–Crippen LogP) is 6.17. The first-order valence-corrected chi connectivity index (χ1v) is 8.36. The van der Waals surface area contributed by atoms with Gasteiger partial charge in [-0.2, -0.15) is 13.2 Å². The summed E-state index contributed by atoms with van der Waals surface area (Å²) in [5, 5.41) is 0. The van der Waals surface area contributed by atoms with Gasteiger partial charge >= 0.3 is 6.18 Å². The summed E-state index contributed by atoms with van der Waals surface area (Å²) in [6.07, 6.45) is -2.70. The number of halogens is 3. The van der Waals surface area contributed by atoms with Gasteiger partial charge in [0.05, 0.1) is 12.7 Å². The summed E-state index contributed by atoms with van der Waals surface area (Å²) in [5.41, 5.74) is 2.42. The third kappa shape index (κ3) is 4.26. The summed E-state index contributed by atoms with van der Waals surface area (Å²) < 4.78 is 44.7. The molecule has 4 heteroatoms. The maximum Gasteiger partial charge on any atom is 0.417 e. The van der Waals surface area contributed by atoms with Gasteiger partial charge in [-0.15, -0.1) is 0 Å². The number of ether oxygens (including phenoxy) is 1. The van der Waals surface area contributed by atoms with E-state index in [0.717, 1.165) is 35.8 Å². The third-order valence-corrected chi connectivity index (χ3v) is 4.33. The predicted molar refractivity (Wildman–Crippen MR) is 97.3 cm³/mol. The first-order chi connectivity index (χ1) is 12.5. The molecule has 1 nitrogen and oxygen atoms in total. The van der Waals surface area contributed by atoms with E-state index >= 15 is 0 Å². The van der Waals surface area contributed by atoms with Gasteiger partial charge in [-0.25, -0.2) is 0 Å². The van der Waals surface area contributed by atoms with Crippen LogP contribution in [0.5, 0.6) is 5.75 Å². The van der Waals surface area contributed by atoms with E-state index < -0.39 is 11.7 Å². The van der Waals surface area contributed by atoms with Crippen molar-refractivity contribution < 1.29 is 17.9 Å². The maximum atomic E-state index is 13.2. The Kier molecular flexibility index (Phi) is 5.31. The molecule has 3 aromatic carbocycles. The molecule has 0 atom stereocenters. The quantitative estimate of drug-likeness (QED) is 0.531. The molecule has 0 radical (unpaired) electrons. The Morgan fingerprint density at radius 1 is 0.769 bits per heavy atom. The van der Waals surface area contributed by atoms with Crippen molar-refractivity contribution in [3.8, 4) is 16.9 Å². The molecule has 0 bridgehead atoms. The lowest BCUT2D eigenvalue weighted by molar-refractivity contribution is -0.137. The number of benzene rings is 3. The summed E-state index contributed by atoms with van der Waals surface area (Å²) >= 11 is 0. The second kappa shape index (κ2) is 7.65. The highest BCUT2D eigenvalue weighted by molar-refractivity contribution is 5.68. The Labute approximate surface area is 151 Å². The highest BCUT2D eigenvalue weighted by atomic mass is 19.4. The van der Waals surface area contributed by atoms with Gasteiger partial charge in [-0.05, 0) is 53.3 Å². The molecule has 0 spiro atoms. The van der Waals surface area contributed by atoms with Crippen molar-refractivity contribution >= 4 is 0 Å². The lowest BCUT2D eigenvalue weighted by Gasteiger charge is -2.13. The fourth-order valence-corrected chi connectivity index (χ4v) is 2.95.